The summed E-state index contributed by atoms with van der Waals surface area (Å²) < 4.78 is 10.9. The summed E-state index contributed by atoms with van der Waals surface area (Å²) >= 11 is 1.38. The lowest BCUT2D eigenvalue weighted by Gasteiger charge is -2.01. The number of pyridine rings is 1. The first-order chi connectivity index (χ1) is 10.6. The summed E-state index contributed by atoms with van der Waals surface area (Å²) in [5, 5.41) is 12.4. The van der Waals surface area contributed by atoms with E-state index in [1.54, 1.807) is 12.4 Å². The van der Waals surface area contributed by atoms with E-state index in [1.165, 1.54) is 11.8 Å². The highest BCUT2D eigenvalue weighted by molar-refractivity contribution is 7.99. The molecule has 1 unspecified atom stereocenters. The number of hydrogen-bond acceptors (Lipinski definition) is 8. The SMILES string of the molecule is CC(C)c1noc(C(C)Sc2nnc(-c3cccnc3)o2)n1. The summed E-state index contributed by atoms with van der Waals surface area (Å²) in [6.07, 6.45) is 3.37. The quantitative estimate of drug-likeness (QED) is 0.660. The van der Waals surface area contributed by atoms with Crippen LogP contribution in [0.15, 0.2) is 38.7 Å². The van der Waals surface area contributed by atoms with Crippen molar-refractivity contribution in [3.63, 3.8) is 0 Å². The van der Waals surface area contributed by atoms with Gasteiger partial charge in [0.05, 0.1) is 10.8 Å². The highest BCUT2D eigenvalue weighted by atomic mass is 32.2. The van der Waals surface area contributed by atoms with Gasteiger partial charge in [0.1, 0.15) is 0 Å². The molecule has 22 heavy (non-hydrogen) atoms. The topological polar surface area (TPSA) is 90.7 Å². The van der Waals surface area contributed by atoms with Crippen LogP contribution in [0.5, 0.6) is 0 Å². The van der Waals surface area contributed by atoms with Crippen molar-refractivity contribution >= 4 is 11.8 Å². The third-order valence-corrected chi connectivity index (χ3v) is 3.84. The van der Waals surface area contributed by atoms with Crippen molar-refractivity contribution in [3.05, 3.63) is 36.2 Å². The zero-order chi connectivity index (χ0) is 15.5. The predicted molar refractivity (Wildman–Crippen MR) is 80.2 cm³/mol. The smallest absolute Gasteiger partial charge is 0.277 e. The van der Waals surface area contributed by atoms with Gasteiger partial charge >= 0.3 is 0 Å². The van der Waals surface area contributed by atoms with Gasteiger partial charge < -0.3 is 8.94 Å². The van der Waals surface area contributed by atoms with Crippen LogP contribution in [0, 0.1) is 0 Å². The van der Waals surface area contributed by atoms with Gasteiger partial charge in [0.15, 0.2) is 5.82 Å². The Hall–Kier alpha value is -2.22. The van der Waals surface area contributed by atoms with E-state index in [-0.39, 0.29) is 11.2 Å². The van der Waals surface area contributed by atoms with Crippen LogP contribution in [-0.2, 0) is 0 Å². The number of rotatable bonds is 5. The van der Waals surface area contributed by atoms with Gasteiger partial charge in [0.25, 0.3) is 5.22 Å². The summed E-state index contributed by atoms with van der Waals surface area (Å²) in [6.45, 7) is 5.99. The maximum Gasteiger partial charge on any atom is 0.277 e. The van der Waals surface area contributed by atoms with Crippen LogP contribution >= 0.6 is 11.8 Å². The van der Waals surface area contributed by atoms with Crippen molar-refractivity contribution in [2.75, 3.05) is 0 Å². The summed E-state index contributed by atoms with van der Waals surface area (Å²) in [7, 11) is 0. The minimum Gasteiger partial charge on any atom is -0.411 e. The summed E-state index contributed by atoms with van der Waals surface area (Å²) in [5.41, 5.74) is 0.786. The van der Waals surface area contributed by atoms with Gasteiger partial charge in [-0.2, -0.15) is 4.98 Å². The molecule has 0 bridgehead atoms. The molecule has 0 aliphatic carbocycles. The molecule has 3 heterocycles. The number of nitrogens with zero attached hydrogens (tertiary/aromatic N) is 5. The molecule has 0 radical (unpaired) electrons. The van der Waals surface area contributed by atoms with Gasteiger partial charge in [-0.1, -0.05) is 30.8 Å². The Morgan fingerprint density at radius 1 is 1.18 bits per heavy atom. The first kappa shape index (κ1) is 14.7. The second kappa shape index (κ2) is 6.27. The third-order valence-electron chi connectivity index (χ3n) is 2.91. The molecule has 0 amide bonds. The first-order valence-corrected chi connectivity index (χ1v) is 7.75. The standard InChI is InChI=1S/C14H15N5O2S/c1-8(2)11-16-12(21-19-11)9(3)22-14-18-17-13(20-14)10-5-4-6-15-7-10/h4-9H,1-3H3. The number of thioether (sulfide) groups is 1. The van der Waals surface area contributed by atoms with Crippen molar-refractivity contribution in [1.29, 1.82) is 0 Å². The van der Waals surface area contributed by atoms with E-state index in [9.17, 15) is 0 Å². The molecular weight excluding hydrogens is 302 g/mol. The lowest BCUT2D eigenvalue weighted by Crippen LogP contribution is -1.92. The van der Waals surface area contributed by atoms with E-state index in [0.29, 0.717) is 22.8 Å². The van der Waals surface area contributed by atoms with E-state index in [4.69, 9.17) is 8.94 Å². The lowest BCUT2D eigenvalue weighted by molar-refractivity contribution is 0.372. The molecule has 3 aromatic rings. The Bertz CT molecular complexity index is 741. The van der Waals surface area contributed by atoms with E-state index in [0.717, 1.165) is 5.56 Å². The van der Waals surface area contributed by atoms with Crippen LogP contribution in [0.4, 0.5) is 0 Å². The molecule has 1 atom stereocenters. The van der Waals surface area contributed by atoms with Crippen LogP contribution in [0.1, 0.15) is 43.7 Å². The maximum atomic E-state index is 5.63. The molecule has 3 rings (SSSR count). The third kappa shape index (κ3) is 3.16. The summed E-state index contributed by atoms with van der Waals surface area (Å²) in [4.78, 5) is 8.40. The van der Waals surface area contributed by atoms with Gasteiger partial charge in [-0.3, -0.25) is 4.98 Å². The highest BCUT2D eigenvalue weighted by Crippen LogP contribution is 2.34. The fourth-order valence-corrected chi connectivity index (χ4v) is 2.43. The van der Waals surface area contributed by atoms with Crippen molar-refractivity contribution in [3.8, 4) is 11.5 Å². The second-order valence-corrected chi connectivity index (χ2v) is 6.31. The van der Waals surface area contributed by atoms with Gasteiger partial charge in [-0.25, -0.2) is 0 Å². The van der Waals surface area contributed by atoms with Crippen molar-refractivity contribution in [2.45, 2.75) is 37.2 Å². The average Bonchev–Trinajstić information content (AvgIpc) is 3.17. The van der Waals surface area contributed by atoms with Crippen LogP contribution in [0.3, 0.4) is 0 Å². The Kier molecular flexibility index (Phi) is 4.19. The molecule has 0 saturated carbocycles. The van der Waals surface area contributed by atoms with Gasteiger partial charge in [-0.15, -0.1) is 10.2 Å². The molecule has 0 aliphatic rings. The first-order valence-electron chi connectivity index (χ1n) is 6.87. The molecule has 3 aromatic heterocycles. The van der Waals surface area contributed by atoms with Crippen molar-refractivity contribution in [2.24, 2.45) is 0 Å². The molecule has 0 aliphatic heterocycles. The fraction of sp³-hybridized carbons (Fsp3) is 0.357. The number of aromatic nitrogens is 5. The second-order valence-electron chi connectivity index (χ2n) is 5.02. The van der Waals surface area contributed by atoms with Gasteiger partial charge in [-0.05, 0) is 19.1 Å². The summed E-state index contributed by atoms with van der Waals surface area (Å²) in [5.74, 6) is 1.92. The molecule has 7 nitrogen and oxygen atoms in total. The van der Waals surface area contributed by atoms with Crippen LogP contribution in [0.25, 0.3) is 11.5 Å². The Morgan fingerprint density at radius 2 is 2.05 bits per heavy atom. The predicted octanol–water partition coefficient (Wildman–Crippen LogP) is 3.49. The molecule has 0 spiro atoms. The molecule has 8 heteroatoms. The fourth-order valence-electron chi connectivity index (χ4n) is 1.71. The molecule has 0 fully saturated rings. The zero-order valence-electron chi connectivity index (χ0n) is 12.4. The van der Waals surface area contributed by atoms with E-state index in [1.807, 2.05) is 32.9 Å². The Labute approximate surface area is 131 Å². The average molecular weight is 317 g/mol. The Balaban J connectivity index is 1.71. The highest BCUT2D eigenvalue weighted by Gasteiger charge is 2.20. The molecule has 0 saturated heterocycles. The largest absolute Gasteiger partial charge is 0.411 e. The van der Waals surface area contributed by atoms with Crippen molar-refractivity contribution in [1.82, 2.24) is 25.3 Å². The van der Waals surface area contributed by atoms with E-state index in [2.05, 4.69) is 25.3 Å². The van der Waals surface area contributed by atoms with Crippen LogP contribution < -0.4 is 0 Å². The van der Waals surface area contributed by atoms with E-state index < -0.39 is 0 Å². The normalized spacial score (nSPS) is 12.7. The van der Waals surface area contributed by atoms with Crippen molar-refractivity contribution < 1.29 is 8.94 Å². The molecule has 0 aromatic carbocycles. The van der Waals surface area contributed by atoms with E-state index >= 15 is 0 Å². The Morgan fingerprint density at radius 3 is 2.73 bits per heavy atom. The zero-order valence-corrected chi connectivity index (χ0v) is 13.2. The summed E-state index contributed by atoms with van der Waals surface area (Å²) in [6, 6.07) is 3.69. The minimum atomic E-state index is -0.0674. The lowest BCUT2D eigenvalue weighted by atomic mass is 10.2. The maximum absolute atomic E-state index is 5.63. The van der Waals surface area contributed by atoms with Crippen LogP contribution in [-0.4, -0.2) is 25.3 Å². The van der Waals surface area contributed by atoms with Gasteiger partial charge in [0.2, 0.25) is 11.8 Å². The molecular formula is C14H15N5O2S. The van der Waals surface area contributed by atoms with Gasteiger partial charge in [0, 0.05) is 18.3 Å². The number of hydrogen-bond donors (Lipinski definition) is 0. The molecule has 0 N–H and O–H groups in total. The molecule has 114 valence electrons. The minimum absolute atomic E-state index is 0.0674. The van der Waals surface area contributed by atoms with Crippen LogP contribution in [0.2, 0.25) is 0 Å². The monoisotopic (exact) mass is 317 g/mol.